The Kier molecular flexibility index (Phi) is 5.17. The Balaban J connectivity index is 1.81. The predicted octanol–water partition coefficient (Wildman–Crippen LogP) is 2.68. The van der Waals surface area contributed by atoms with Crippen molar-refractivity contribution < 1.29 is 27.4 Å². The fourth-order valence-corrected chi connectivity index (χ4v) is 2.49. The molecule has 1 aliphatic rings. The van der Waals surface area contributed by atoms with Gasteiger partial charge >= 0.3 is 6.18 Å². The predicted molar refractivity (Wildman–Crippen MR) is 70.1 cm³/mol. The van der Waals surface area contributed by atoms with Crippen LogP contribution in [-0.4, -0.2) is 36.3 Å². The van der Waals surface area contributed by atoms with E-state index in [2.05, 4.69) is 10.3 Å². The Morgan fingerprint density at radius 2 is 2.43 bits per heavy atom. The number of hydrogen-bond acceptors (Lipinski definition) is 5. The maximum absolute atomic E-state index is 12.4. The first kappa shape index (κ1) is 16.2. The molecule has 1 saturated heterocycles. The lowest BCUT2D eigenvalue weighted by Gasteiger charge is -2.15. The molecule has 2 rings (SSSR count). The van der Waals surface area contributed by atoms with Crippen LogP contribution in [0.2, 0.25) is 0 Å². The molecule has 1 N–H and O–H groups in total. The summed E-state index contributed by atoms with van der Waals surface area (Å²) in [5.41, 5.74) is -1.02. The number of ether oxygens (including phenoxy) is 2. The van der Waals surface area contributed by atoms with Gasteiger partial charge in [-0.25, -0.2) is 4.98 Å². The van der Waals surface area contributed by atoms with Gasteiger partial charge in [0.1, 0.15) is 6.10 Å². The number of aromatic nitrogens is 1. The van der Waals surface area contributed by atoms with Crippen LogP contribution >= 0.6 is 11.3 Å². The summed E-state index contributed by atoms with van der Waals surface area (Å²) < 4.78 is 47.9. The number of nitrogens with one attached hydrogen (secondary N) is 1. The van der Waals surface area contributed by atoms with Crippen molar-refractivity contribution in [2.75, 3.05) is 18.5 Å². The minimum Gasteiger partial charge on any atom is -0.376 e. The van der Waals surface area contributed by atoms with Crippen LogP contribution < -0.4 is 5.32 Å². The van der Waals surface area contributed by atoms with Crippen molar-refractivity contribution in [1.29, 1.82) is 0 Å². The van der Waals surface area contributed by atoms with Gasteiger partial charge < -0.3 is 9.47 Å². The van der Waals surface area contributed by atoms with Crippen molar-refractivity contribution in [2.45, 2.75) is 38.1 Å². The maximum atomic E-state index is 12.4. The van der Waals surface area contributed by atoms with E-state index in [0.29, 0.717) is 13.2 Å². The highest BCUT2D eigenvalue weighted by Crippen LogP contribution is 2.31. The number of amides is 1. The molecule has 1 fully saturated rings. The summed E-state index contributed by atoms with van der Waals surface area (Å²) in [6, 6.07) is 0. The summed E-state index contributed by atoms with van der Waals surface area (Å²) in [6.45, 7) is 2.51. The molecule has 1 aliphatic heterocycles. The highest BCUT2D eigenvalue weighted by molar-refractivity contribution is 7.13. The van der Waals surface area contributed by atoms with Crippen LogP contribution in [-0.2, 0) is 20.4 Å². The fourth-order valence-electron chi connectivity index (χ4n) is 1.77. The molecular formula is C12H15F3N2O3S. The number of anilines is 1. The quantitative estimate of drug-likeness (QED) is 0.905. The van der Waals surface area contributed by atoms with Gasteiger partial charge in [-0.3, -0.25) is 10.1 Å². The molecule has 2 atom stereocenters. The SMILES string of the molecule is CC(OCC1CCCO1)C(=O)Nc1nc(C(F)(F)F)cs1. The van der Waals surface area contributed by atoms with E-state index >= 15 is 0 Å². The molecule has 118 valence electrons. The van der Waals surface area contributed by atoms with Gasteiger partial charge in [-0.05, 0) is 19.8 Å². The van der Waals surface area contributed by atoms with Crippen LogP contribution in [0.25, 0.3) is 0 Å². The van der Waals surface area contributed by atoms with E-state index in [0.717, 1.165) is 29.6 Å². The van der Waals surface area contributed by atoms with Crippen molar-refractivity contribution in [3.05, 3.63) is 11.1 Å². The lowest BCUT2D eigenvalue weighted by molar-refractivity contribution is -0.140. The summed E-state index contributed by atoms with van der Waals surface area (Å²) in [5, 5.41) is 3.07. The zero-order valence-electron chi connectivity index (χ0n) is 11.3. The number of alkyl halides is 3. The van der Waals surface area contributed by atoms with E-state index < -0.39 is 23.9 Å². The van der Waals surface area contributed by atoms with Crippen LogP contribution in [0.4, 0.5) is 18.3 Å². The Hall–Kier alpha value is -1.19. The summed E-state index contributed by atoms with van der Waals surface area (Å²) in [6.07, 6.45) is -3.46. The van der Waals surface area contributed by atoms with E-state index in [1.807, 2.05) is 0 Å². The molecule has 0 saturated carbocycles. The van der Waals surface area contributed by atoms with E-state index in [1.54, 1.807) is 0 Å². The summed E-state index contributed by atoms with van der Waals surface area (Å²) in [4.78, 5) is 15.1. The van der Waals surface area contributed by atoms with Crippen molar-refractivity contribution in [3.63, 3.8) is 0 Å². The fraction of sp³-hybridized carbons (Fsp3) is 0.667. The molecule has 0 aromatic carbocycles. The number of carbonyl (C=O) groups excluding carboxylic acids is 1. The minimum atomic E-state index is -4.51. The zero-order chi connectivity index (χ0) is 15.5. The third-order valence-electron chi connectivity index (χ3n) is 2.95. The van der Waals surface area contributed by atoms with Gasteiger partial charge in [0.15, 0.2) is 10.8 Å². The Morgan fingerprint density at radius 1 is 1.67 bits per heavy atom. The van der Waals surface area contributed by atoms with E-state index in [1.165, 1.54) is 6.92 Å². The second-order valence-corrected chi connectivity index (χ2v) is 5.49. The Labute approximate surface area is 123 Å². The number of thiazole rings is 1. The summed E-state index contributed by atoms with van der Waals surface area (Å²) in [7, 11) is 0. The normalized spacial score (nSPS) is 20.5. The topological polar surface area (TPSA) is 60.5 Å². The molecule has 2 unspecified atom stereocenters. The molecule has 2 heterocycles. The molecule has 1 aromatic heterocycles. The average molecular weight is 324 g/mol. The van der Waals surface area contributed by atoms with Gasteiger partial charge in [0.2, 0.25) is 0 Å². The van der Waals surface area contributed by atoms with Crippen LogP contribution in [0.1, 0.15) is 25.5 Å². The molecule has 5 nitrogen and oxygen atoms in total. The third kappa shape index (κ3) is 4.65. The van der Waals surface area contributed by atoms with Crippen molar-refractivity contribution >= 4 is 22.4 Å². The van der Waals surface area contributed by atoms with Crippen LogP contribution in [0, 0.1) is 0 Å². The molecule has 0 radical (unpaired) electrons. The molecular weight excluding hydrogens is 309 g/mol. The van der Waals surface area contributed by atoms with Crippen molar-refractivity contribution in [2.24, 2.45) is 0 Å². The number of rotatable bonds is 5. The van der Waals surface area contributed by atoms with Gasteiger partial charge in [0, 0.05) is 12.0 Å². The standard InChI is InChI=1S/C12H15F3N2O3S/c1-7(20-5-8-3-2-4-19-8)10(18)17-11-16-9(6-21-11)12(13,14)15/h6-8H,2-5H2,1H3,(H,16,17,18). The monoisotopic (exact) mass is 324 g/mol. The highest BCUT2D eigenvalue weighted by atomic mass is 32.1. The summed E-state index contributed by atoms with van der Waals surface area (Å²) in [5.74, 6) is -0.531. The van der Waals surface area contributed by atoms with Gasteiger partial charge in [0.05, 0.1) is 12.7 Å². The molecule has 0 bridgehead atoms. The second kappa shape index (κ2) is 6.71. The van der Waals surface area contributed by atoms with Gasteiger partial charge in [0.25, 0.3) is 5.91 Å². The molecule has 0 aliphatic carbocycles. The van der Waals surface area contributed by atoms with Crippen molar-refractivity contribution in [3.8, 4) is 0 Å². The van der Waals surface area contributed by atoms with Crippen LogP contribution in [0.3, 0.4) is 0 Å². The van der Waals surface area contributed by atoms with Gasteiger partial charge in [-0.1, -0.05) is 0 Å². The van der Waals surface area contributed by atoms with E-state index in [4.69, 9.17) is 9.47 Å². The lowest BCUT2D eigenvalue weighted by atomic mass is 10.2. The number of halogens is 3. The Bertz CT molecular complexity index is 486. The Morgan fingerprint density at radius 3 is 3.00 bits per heavy atom. The van der Waals surface area contributed by atoms with Crippen LogP contribution in [0.5, 0.6) is 0 Å². The lowest BCUT2D eigenvalue weighted by Crippen LogP contribution is -2.30. The number of nitrogens with zero attached hydrogens (tertiary/aromatic N) is 1. The smallest absolute Gasteiger partial charge is 0.376 e. The molecule has 1 aromatic rings. The van der Waals surface area contributed by atoms with Crippen LogP contribution in [0.15, 0.2) is 5.38 Å². The molecule has 0 spiro atoms. The minimum absolute atomic E-state index is 0.0167. The van der Waals surface area contributed by atoms with E-state index in [9.17, 15) is 18.0 Å². The number of hydrogen-bond donors (Lipinski definition) is 1. The highest BCUT2D eigenvalue weighted by Gasteiger charge is 2.34. The third-order valence-corrected chi connectivity index (χ3v) is 3.71. The molecule has 1 amide bonds. The van der Waals surface area contributed by atoms with Gasteiger partial charge in [-0.2, -0.15) is 13.2 Å². The average Bonchev–Trinajstić information content (AvgIpc) is 3.05. The molecule has 21 heavy (non-hydrogen) atoms. The second-order valence-electron chi connectivity index (χ2n) is 4.64. The first-order chi connectivity index (χ1) is 9.86. The first-order valence-electron chi connectivity index (χ1n) is 6.43. The largest absolute Gasteiger partial charge is 0.434 e. The first-order valence-corrected chi connectivity index (χ1v) is 7.31. The maximum Gasteiger partial charge on any atom is 0.434 e. The van der Waals surface area contributed by atoms with Crippen molar-refractivity contribution in [1.82, 2.24) is 4.98 Å². The summed E-state index contributed by atoms with van der Waals surface area (Å²) >= 11 is 0.722. The van der Waals surface area contributed by atoms with E-state index in [-0.39, 0.29) is 11.2 Å². The number of carbonyl (C=O) groups is 1. The van der Waals surface area contributed by atoms with Gasteiger partial charge in [-0.15, -0.1) is 11.3 Å². The molecule has 9 heteroatoms. The zero-order valence-corrected chi connectivity index (χ0v) is 12.1.